The Morgan fingerprint density at radius 1 is 1.27 bits per heavy atom. The molecule has 0 aliphatic rings. The Hall–Kier alpha value is -1.77. The molecule has 0 saturated carbocycles. The minimum Gasteiger partial charge on any atom is -0.481 e. The summed E-state index contributed by atoms with van der Waals surface area (Å²) in [7, 11) is -3.83. The Labute approximate surface area is 136 Å². The van der Waals surface area contributed by atoms with Crippen LogP contribution in [0.3, 0.4) is 0 Å². The van der Waals surface area contributed by atoms with E-state index in [0.29, 0.717) is 5.56 Å². The van der Waals surface area contributed by atoms with Gasteiger partial charge in [0.05, 0.1) is 17.4 Å². The lowest BCUT2D eigenvalue weighted by Gasteiger charge is -2.17. The van der Waals surface area contributed by atoms with Gasteiger partial charge in [0.15, 0.2) is 0 Å². The molecule has 2 aromatic rings. The van der Waals surface area contributed by atoms with Crippen LogP contribution in [0.4, 0.5) is 0 Å². The Kier molecular flexibility index (Phi) is 5.28. The highest BCUT2D eigenvalue weighted by Gasteiger charge is 2.23. The van der Waals surface area contributed by atoms with Gasteiger partial charge in [-0.1, -0.05) is 22.0 Å². The van der Waals surface area contributed by atoms with Crippen molar-refractivity contribution in [2.24, 2.45) is 0 Å². The summed E-state index contributed by atoms with van der Waals surface area (Å²) >= 11 is 3.23. The summed E-state index contributed by atoms with van der Waals surface area (Å²) in [5.41, 5.74) is 0.491. The molecule has 0 saturated heterocycles. The molecule has 0 aliphatic heterocycles. The molecule has 1 aromatic carbocycles. The van der Waals surface area contributed by atoms with Crippen molar-refractivity contribution in [3.63, 3.8) is 0 Å². The van der Waals surface area contributed by atoms with Crippen LogP contribution in [0, 0.1) is 0 Å². The first kappa shape index (κ1) is 16.6. The monoisotopic (exact) mass is 384 g/mol. The number of carbonyl (C=O) groups is 1. The third-order valence-corrected chi connectivity index (χ3v) is 4.90. The molecular formula is C14H13BrN2O4S. The first-order chi connectivity index (χ1) is 10.4. The highest BCUT2D eigenvalue weighted by molar-refractivity contribution is 9.10. The number of nitrogens with one attached hydrogen (secondary N) is 1. The van der Waals surface area contributed by atoms with Crippen LogP contribution in [0.25, 0.3) is 0 Å². The molecule has 22 heavy (non-hydrogen) atoms. The Morgan fingerprint density at radius 3 is 2.50 bits per heavy atom. The van der Waals surface area contributed by atoms with E-state index in [9.17, 15) is 13.2 Å². The number of pyridine rings is 1. The Balaban J connectivity index is 2.30. The minimum atomic E-state index is -3.83. The summed E-state index contributed by atoms with van der Waals surface area (Å²) in [5, 5.41) is 8.99. The van der Waals surface area contributed by atoms with Crippen molar-refractivity contribution in [2.75, 3.05) is 0 Å². The molecular weight excluding hydrogens is 372 g/mol. The summed E-state index contributed by atoms with van der Waals surface area (Å²) < 4.78 is 27.9. The number of aliphatic carboxylic acids is 1. The molecule has 8 heteroatoms. The lowest BCUT2D eigenvalue weighted by Crippen LogP contribution is -2.30. The molecule has 0 spiro atoms. The second-order valence-electron chi connectivity index (χ2n) is 4.51. The van der Waals surface area contributed by atoms with E-state index in [-0.39, 0.29) is 11.3 Å². The largest absolute Gasteiger partial charge is 0.481 e. The zero-order valence-electron chi connectivity index (χ0n) is 11.3. The van der Waals surface area contributed by atoms with Crippen LogP contribution in [0.2, 0.25) is 0 Å². The number of benzene rings is 1. The van der Waals surface area contributed by atoms with Gasteiger partial charge in [-0.3, -0.25) is 9.78 Å². The number of hydrogen-bond donors (Lipinski definition) is 2. The fraction of sp³-hybridized carbons (Fsp3) is 0.143. The van der Waals surface area contributed by atoms with Gasteiger partial charge in [-0.2, -0.15) is 0 Å². The molecule has 2 N–H and O–H groups in total. The van der Waals surface area contributed by atoms with Crippen LogP contribution in [0.5, 0.6) is 0 Å². The number of hydrogen-bond acceptors (Lipinski definition) is 4. The van der Waals surface area contributed by atoms with Crippen molar-refractivity contribution >= 4 is 31.9 Å². The lowest BCUT2D eigenvalue weighted by atomic mass is 10.1. The van der Waals surface area contributed by atoms with Gasteiger partial charge in [-0.25, -0.2) is 13.1 Å². The van der Waals surface area contributed by atoms with E-state index in [4.69, 9.17) is 5.11 Å². The number of carboxylic acids is 1. The van der Waals surface area contributed by atoms with Gasteiger partial charge in [0.1, 0.15) is 0 Å². The number of carboxylic acid groups (broad SMARTS) is 1. The van der Waals surface area contributed by atoms with Crippen molar-refractivity contribution in [1.29, 1.82) is 0 Å². The predicted molar refractivity (Wildman–Crippen MR) is 83.7 cm³/mol. The standard InChI is InChI=1S/C14H13BrN2O4S/c15-11-3-5-12(6-4-11)22(20,21)17-13(8-14(18)19)10-2-1-7-16-9-10/h1-7,9,13,17H,8H2,(H,18,19)/t13-/m0/s1. The molecule has 116 valence electrons. The third-order valence-electron chi connectivity index (χ3n) is 2.89. The molecule has 2 rings (SSSR count). The van der Waals surface area contributed by atoms with E-state index in [2.05, 4.69) is 25.6 Å². The Morgan fingerprint density at radius 2 is 1.95 bits per heavy atom. The van der Waals surface area contributed by atoms with E-state index in [1.807, 2.05) is 0 Å². The van der Waals surface area contributed by atoms with E-state index in [1.54, 1.807) is 24.3 Å². The average molecular weight is 385 g/mol. The van der Waals surface area contributed by atoms with Crippen LogP contribution in [0.1, 0.15) is 18.0 Å². The quantitative estimate of drug-likeness (QED) is 0.796. The second kappa shape index (κ2) is 6.99. The molecule has 0 fully saturated rings. The van der Waals surface area contributed by atoms with Crippen LogP contribution in [-0.2, 0) is 14.8 Å². The molecule has 0 aliphatic carbocycles. The van der Waals surface area contributed by atoms with Crippen molar-refractivity contribution < 1.29 is 18.3 Å². The molecule has 1 heterocycles. The van der Waals surface area contributed by atoms with Crippen molar-refractivity contribution in [3.05, 3.63) is 58.8 Å². The number of aromatic nitrogens is 1. The first-order valence-corrected chi connectivity index (χ1v) is 8.56. The fourth-order valence-corrected chi connectivity index (χ4v) is 3.34. The van der Waals surface area contributed by atoms with Crippen molar-refractivity contribution in [2.45, 2.75) is 17.4 Å². The van der Waals surface area contributed by atoms with Gasteiger partial charge >= 0.3 is 5.97 Å². The minimum absolute atomic E-state index is 0.0648. The first-order valence-electron chi connectivity index (χ1n) is 6.28. The van der Waals surface area contributed by atoms with Gasteiger partial charge < -0.3 is 5.11 Å². The van der Waals surface area contributed by atoms with E-state index in [1.165, 1.54) is 24.5 Å². The summed E-state index contributed by atoms with van der Waals surface area (Å²) in [4.78, 5) is 14.9. The third kappa shape index (κ3) is 4.36. The average Bonchev–Trinajstić information content (AvgIpc) is 2.47. The Bertz CT molecular complexity index is 748. The topological polar surface area (TPSA) is 96.4 Å². The fourth-order valence-electron chi connectivity index (χ4n) is 1.85. The molecule has 0 radical (unpaired) electrons. The van der Waals surface area contributed by atoms with Crippen LogP contribution >= 0.6 is 15.9 Å². The maximum Gasteiger partial charge on any atom is 0.305 e. The van der Waals surface area contributed by atoms with Gasteiger partial charge in [0.2, 0.25) is 10.0 Å². The smallest absolute Gasteiger partial charge is 0.305 e. The maximum absolute atomic E-state index is 12.4. The van der Waals surface area contributed by atoms with Crippen molar-refractivity contribution in [1.82, 2.24) is 9.71 Å². The molecule has 0 amide bonds. The number of rotatable bonds is 6. The van der Waals surface area contributed by atoms with Crippen LogP contribution < -0.4 is 4.72 Å². The zero-order chi connectivity index (χ0) is 16.2. The molecule has 6 nitrogen and oxygen atoms in total. The summed E-state index contributed by atoms with van der Waals surface area (Å²) in [6.45, 7) is 0. The van der Waals surface area contributed by atoms with Gasteiger partial charge in [0.25, 0.3) is 0 Å². The van der Waals surface area contributed by atoms with Crippen LogP contribution in [-0.4, -0.2) is 24.5 Å². The summed E-state index contributed by atoms with van der Waals surface area (Å²) in [6, 6.07) is 8.44. The number of nitrogens with zero attached hydrogens (tertiary/aromatic N) is 1. The van der Waals surface area contributed by atoms with Gasteiger partial charge in [-0.05, 0) is 35.9 Å². The number of halogens is 1. The highest BCUT2D eigenvalue weighted by atomic mass is 79.9. The molecule has 1 aromatic heterocycles. The maximum atomic E-state index is 12.4. The van der Waals surface area contributed by atoms with E-state index >= 15 is 0 Å². The normalized spacial score (nSPS) is 12.8. The number of sulfonamides is 1. The lowest BCUT2D eigenvalue weighted by molar-refractivity contribution is -0.137. The predicted octanol–water partition coefficient (Wildman–Crippen LogP) is 2.34. The molecule has 1 atom stereocenters. The second-order valence-corrected chi connectivity index (χ2v) is 7.14. The molecule has 0 bridgehead atoms. The van der Waals surface area contributed by atoms with Crippen molar-refractivity contribution in [3.8, 4) is 0 Å². The molecule has 0 unspecified atom stereocenters. The van der Waals surface area contributed by atoms with Gasteiger partial charge in [-0.15, -0.1) is 0 Å². The van der Waals surface area contributed by atoms with E-state index < -0.39 is 22.0 Å². The van der Waals surface area contributed by atoms with E-state index in [0.717, 1.165) is 4.47 Å². The summed E-state index contributed by atoms with van der Waals surface area (Å²) in [5.74, 6) is -1.10. The summed E-state index contributed by atoms with van der Waals surface area (Å²) in [6.07, 6.45) is 2.60. The zero-order valence-corrected chi connectivity index (χ0v) is 13.7. The van der Waals surface area contributed by atoms with Crippen LogP contribution in [0.15, 0.2) is 58.2 Å². The van der Waals surface area contributed by atoms with Gasteiger partial charge in [0, 0.05) is 16.9 Å². The highest BCUT2D eigenvalue weighted by Crippen LogP contribution is 2.21. The SMILES string of the molecule is O=C(O)C[C@H](NS(=O)(=O)c1ccc(Br)cc1)c1cccnc1.